The highest BCUT2D eigenvalue weighted by atomic mass is 127. The van der Waals surface area contributed by atoms with Crippen LogP contribution in [0.15, 0.2) is 16.7 Å². The fraction of sp³-hybridized carbons (Fsp3) is 0.273. The molecule has 17 heavy (non-hydrogen) atoms. The van der Waals surface area contributed by atoms with Crippen LogP contribution in [0.4, 0.5) is 0 Å². The molecule has 2 heterocycles. The minimum Gasteiger partial charge on any atom is -0.477 e. The van der Waals surface area contributed by atoms with E-state index < -0.39 is 5.97 Å². The predicted octanol–water partition coefficient (Wildman–Crippen LogP) is 2.44. The van der Waals surface area contributed by atoms with E-state index in [2.05, 4.69) is 27.6 Å². The van der Waals surface area contributed by atoms with Gasteiger partial charge in [0.25, 0.3) is 0 Å². The van der Waals surface area contributed by atoms with E-state index in [0.717, 1.165) is 15.0 Å². The predicted molar refractivity (Wildman–Crippen MR) is 69.2 cm³/mol. The van der Waals surface area contributed by atoms with E-state index in [-0.39, 0.29) is 5.69 Å². The number of oxazole rings is 1. The largest absolute Gasteiger partial charge is 0.477 e. The molecule has 5 nitrogen and oxygen atoms in total. The lowest BCUT2D eigenvalue weighted by atomic mass is 10.4. The SMILES string of the molecule is Cc1nc(Cn2cc(I)cc2C(=O)O)oc1C. The molecule has 0 atom stereocenters. The molecule has 2 aromatic heterocycles. The fourth-order valence-electron chi connectivity index (χ4n) is 1.54. The third-order valence-corrected chi connectivity index (χ3v) is 3.05. The highest BCUT2D eigenvalue weighted by Gasteiger charge is 2.14. The van der Waals surface area contributed by atoms with Gasteiger partial charge in [0.05, 0.1) is 12.2 Å². The first-order valence-corrected chi connectivity index (χ1v) is 6.07. The molecule has 0 aromatic carbocycles. The zero-order chi connectivity index (χ0) is 12.6. The van der Waals surface area contributed by atoms with Gasteiger partial charge in [-0.15, -0.1) is 0 Å². The number of carbonyl (C=O) groups is 1. The maximum atomic E-state index is 11.0. The second-order valence-corrected chi connectivity index (χ2v) is 4.97. The number of hydrogen-bond donors (Lipinski definition) is 1. The molecule has 0 aliphatic carbocycles. The Labute approximate surface area is 112 Å². The standard InChI is InChI=1S/C11H11IN2O3/c1-6-7(2)17-10(13-6)5-14-4-8(12)3-9(14)11(15)16/h3-4H,5H2,1-2H3,(H,15,16). The van der Waals surface area contributed by atoms with Crippen molar-refractivity contribution >= 4 is 28.6 Å². The Bertz CT molecular complexity index is 552. The van der Waals surface area contributed by atoms with Crippen LogP contribution < -0.4 is 0 Å². The second-order valence-electron chi connectivity index (χ2n) is 3.73. The third-order valence-electron chi connectivity index (χ3n) is 2.46. The van der Waals surface area contributed by atoms with Gasteiger partial charge >= 0.3 is 5.97 Å². The highest BCUT2D eigenvalue weighted by molar-refractivity contribution is 14.1. The molecule has 0 bridgehead atoms. The molecule has 0 radical (unpaired) electrons. The van der Waals surface area contributed by atoms with Gasteiger partial charge in [0.2, 0.25) is 5.89 Å². The molecule has 0 fully saturated rings. The molecule has 0 saturated heterocycles. The van der Waals surface area contributed by atoms with Crippen molar-refractivity contribution in [2.75, 3.05) is 0 Å². The Morgan fingerprint density at radius 3 is 2.82 bits per heavy atom. The van der Waals surface area contributed by atoms with E-state index in [0.29, 0.717) is 12.4 Å². The molecule has 0 spiro atoms. The van der Waals surface area contributed by atoms with E-state index in [1.165, 1.54) is 0 Å². The monoisotopic (exact) mass is 346 g/mol. The van der Waals surface area contributed by atoms with Gasteiger partial charge in [0.1, 0.15) is 11.5 Å². The molecule has 1 N–H and O–H groups in total. The average Bonchev–Trinajstić information content (AvgIpc) is 2.72. The summed E-state index contributed by atoms with van der Waals surface area (Å²) in [5.41, 5.74) is 1.07. The minimum absolute atomic E-state index is 0.239. The summed E-state index contributed by atoms with van der Waals surface area (Å²) in [5, 5.41) is 9.04. The molecular weight excluding hydrogens is 335 g/mol. The van der Waals surface area contributed by atoms with Gasteiger partial charge in [-0.05, 0) is 42.5 Å². The van der Waals surface area contributed by atoms with Crippen LogP contribution in [0.25, 0.3) is 0 Å². The minimum atomic E-state index is -0.951. The maximum Gasteiger partial charge on any atom is 0.352 e. The van der Waals surface area contributed by atoms with Crippen LogP contribution in [0.1, 0.15) is 27.8 Å². The van der Waals surface area contributed by atoms with Crippen LogP contribution in [0.2, 0.25) is 0 Å². The van der Waals surface area contributed by atoms with E-state index in [1.54, 1.807) is 16.8 Å². The Kier molecular flexibility index (Phi) is 3.23. The highest BCUT2D eigenvalue weighted by Crippen LogP contribution is 2.15. The van der Waals surface area contributed by atoms with Crippen LogP contribution >= 0.6 is 22.6 Å². The van der Waals surface area contributed by atoms with Crippen molar-refractivity contribution < 1.29 is 14.3 Å². The van der Waals surface area contributed by atoms with Crippen molar-refractivity contribution in [3.63, 3.8) is 0 Å². The molecule has 0 amide bonds. The van der Waals surface area contributed by atoms with Crippen molar-refractivity contribution in [2.24, 2.45) is 0 Å². The van der Waals surface area contributed by atoms with Gasteiger partial charge in [-0.1, -0.05) is 0 Å². The molecule has 2 aromatic rings. The number of rotatable bonds is 3. The average molecular weight is 346 g/mol. The summed E-state index contributed by atoms with van der Waals surface area (Å²) < 4.78 is 7.93. The number of aryl methyl sites for hydroxylation is 2. The first kappa shape index (κ1) is 12.2. The molecule has 0 aliphatic heterocycles. The van der Waals surface area contributed by atoms with E-state index in [1.807, 2.05) is 13.8 Å². The summed E-state index contributed by atoms with van der Waals surface area (Å²) in [4.78, 5) is 15.3. The number of nitrogens with zero attached hydrogens (tertiary/aromatic N) is 2. The van der Waals surface area contributed by atoms with Gasteiger partial charge < -0.3 is 14.1 Å². The summed E-state index contributed by atoms with van der Waals surface area (Å²) in [5.74, 6) is 0.334. The summed E-state index contributed by atoms with van der Waals surface area (Å²) in [6.07, 6.45) is 1.76. The number of aromatic carboxylic acids is 1. The quantitative estimate of drug-likeness (QED) is 0.867. The number of carboxylic acids is 1. The lowest BCUT2D eigenvalue weighted by Gasteiger charge is -2.02. The lowest BCUT2D eigenvalue weighted by molar-refractivity contribution is 0.0685. The normalized spacial score (nSPS) is 10.8. The lowest BCUT2D eigenvalue weighted by Crippen LogP contribution is -2.08. The first-order chi connectivity index (χ1) is 7.97. The van der Waals surface area contributed by atoms with Crippen molar-refractivity contribution in [2.45, 2.75) is 20.4 Å². The Hall–Kier alpha value is -1.31. The Morgan fingerprint density at radius 2 is 2.29 bits per heavy atom. The number of hydrogen-bond acceptors (Lipinski definition) is 3. The van der Waals surface area contributed by atoms with Gasteiger partial charge in [-0.25, -0.2) is 9.78 Å². The number of carboxylic acid groups (broad SMARTS) is 1. The maximum absolute atomic E-state index is 11.0. The second kappa shape index (κ2) is 4.52. The van der Waals surface area contributed by atoms with Crippen LogP contribution in [-0.4, -0.2) is 20.6 Å². The smallest absolute Gasteiger partial charge is 0.352 e. The molecule has 90 valence electrons. The van der Waals surface area contributed by atoms with Crippen molar-refractivity contribution in [3.05, 3.63) is 38.9 Å². The number of aromatic nitrogens is 2. The fourth-order valence-corrected chi connectivity index (χ4v) is 2.17. The molecule has 0 unspecified atom stereocenters. The van der Waals surface area contributed by atoms with E-state index in [9.17, 15) is 4.79 Å². The van der Waals surface area contributed by atoms with E-state index >= 15 is 0 Å². The van der Waals surface area contributed by atoms with Crippen molar-refractivity contribution in [3.8, 4) is 0 Å². The summed E-state index contributed by atoms with van der Waals surface area (Å²) in [7, 11) is 0. The van der Waals surface area contributed by atoms with Crippen LogP contribution in [0, 0.1) is 17.4 Å². The molecular formula is C11H11IN2O3. The van der Waals surface area contributed by atoms with Crippen molar-refractivity contribution in [1.82, 2.24) is 9.55 Å². The summed E-state index contributed by atoms with van der Waals surface area (Å²) >= 11 is 2.08. The molecule has 6 heteroatoms. The van der Waals surface area contributed by atoms with Crippen LogP contribution in [0.3, 0.4) is 0 Å². The van der Waals surface area contributed by atoms with Crippen molar-refractivity contribution in [1.29, 1.82) is 0 Å². The Balaban J connectivity index is 2.32. The van der Waals surface area contributed by atoms with Gasteiger partial charge in [0.15, 0.2) is 0 Å². The summed E-state index contributed by atoms with van der Waals surface area (Å²) in [6, 6.07) is 1.62. The summed E-state index contributed by atoms with van der Waals surface area (Å²) in [6.45, 7) is 4.03. The topological polar surface area (TPSA) is 68.3 Å². The van der Waals surface area contributed by atoms with E-state index in [4.69, 9.17) is 9.52 Å². The first-order valence-electron chi connectivity index (χ1n) is 4.99. The molecule has 0 saturated carbocycles. The molecule has 0 aliphatic rings. The van der Waals surface area contributed by atoms with Crippen LogP contribution in [0.5, 0.6) is 0 Å². The molecule has 2 rings (SSSR count). The van der Waals surface area contributed by atoms with Gasteiger partial charge in [0, 0.05) is 9.77 Å². The Morgan fingerprint density at radius 1 is 1.59 bits per heavy atom. The zero-order valence-corrected chi connectivity index (χ0v) is 11.6. The van der Waals surface area contributed by atoms with Gasteiger partial charge in [-0.3, -0.25) is 0 Å². The number of halogens is 1. The van der Waals surface area contributed by atoms with Gasteiger partial charge in [-0.2, -0.15) is 0 Å². The zero-order valence-electron chi connectivity index (χ0n) is 9.40. The third kappa shape index (κ3) is 2.51. The van der Waals surface area contributed by atoms with Crippen LogP contribution in [-0.2, 0) is 6.54 Å².